The summed E-state index contributed by atoms with van der Waals surface area (Å²) in [6, 6.07) is 2.11. The molecule has 31 heavy (non-hydrogen) atoms. The Morgan fingerprint density at radius 2 is 1.97 bits per heavy atom. The minimum absolute atomic E-state index is 0.0830. The Morgan fingerprint density at radius 3 is 2.55 bits per heavy atom. The first-order valence-corrected chi connectivity index (χ1v) is 15.3. The van der Waals surface area contributed by atoms with Gasteiger partial charge in [0.15, 0.2) is 0 Å². The Balaban J connectivity index is 2.46. The van der Waals surface area contributed by atoms with Crippen molar-refractivity contribution >= 4 is 46.5 Å². The minimum atomic E-state index is -2.04. The molecular formula is C24H36Br2O4Si. The molecule has 0 fully saturated rings. The van der Waals surface area contributed by atoms with Gasteiger partial charge in [-0.2, -0.15) is 0 Å². The van der Waals surface area contributed by atoms with Crippen molar-refractivity contribution in [2.45, 2.75) is 77.6 Å². The van der Waals surface area contributed by atoms with Crippen LogP contribution in [0.15, 0.2) is 26.7 Å². The van der Waals surface area contributed by atoms with E-state index in [-0.39, 0.29) is 23.9 Å². The van der Waals surface area contributed by atoms with Crippen LogP contribution in [0.5, 0.6) is 5.75 Å². The van der Waals surface area contributed by atoms with Crippen LogP contribution < -0.4 is 4.43 Å². The number of benzene rings is 1. The topological polar surface area (TPSA) is 44.8 Å². The average molecular weight is 576 g/mol. The first-order chi connectivity index (χ1) is 14.4. The number of carbonyl (C=O) groups excluding carboxylic acids is 1. The van der Waals surface area contributed by atoms with Gasteiger partial charge in [0.25, 0.3) is 8.32 Å². The highest BCUT2D eigenvalue weighted by Crippen LogP contribution is 2.47. The smallest absolute Gasteiger partial charge is 0.250 e. The van der Waals surface area contributed by atoms with Crippen LogP contribution in [0.4, 0.5) is 0 Å². The van der Waals surface area contributed by atoms with Crippen LogP contribution in [-0.4, -0.2) is 28.5 Å². The lowest BCUT2D eigenvalue weighted by atomic mass is 9.86. The molecule has 1 aliphatic rings. The van der Waals surface area contributed by atoms with Gasteiger partial charge >= 0.3 is 0 Å². The molecule has 174 valence electrons. The predicted molar refractivity (Wildman–Crippen MR) is 136 cm³/mol. The zero-order chi connectivity index (χ0) is 23.4. The third-order valence-electron chi connectivity index (χ3n) is 6.43. The van der Waals surface area contributed by atoms with E-state index in [0.29, 0.717) is 0 Å². The molecule has 1 aliphatic carbocycles. The summed E-state index contributed by atoms with van der Waals surface area (Å²) in [4.78, 5) is 11.3. The van der Waals surface area contributed by atoms with Gasteiger partial charge in [0.2, 0.25) is 0 Å². The summed E-state index contributed by atoms with van der Waals surface area (Å²) < 4.78 is 20.0. The van der Waals surface area contributed by atoms with Gasteiger partial charge < -0.3 is 18.7 Å². The first-order valence-electron chi connectivity index (χ1n) is 10.8. The van der Waals surface area contributed by atoms with Crippen LogP contribution in [0.1, 0.15) is 63.7 Å². The number of rotatable bonds is 9. The summed E-state index contributed by atoms with van der Waals surface area (Å²) in [5.74, 6) is 0.941. The standard InChI is InChI=1S/C24H36Br2O4Si/c1-16-11-19(25)23(30-31(6,7)24(2,3)4)22(26)21(16)20(29-15-28-5)13-17-9-8-10-18(12-17)14-27/h9,11,14,18,20H,8,10,12-13,15H2,1-7H3/t18-,20+/m1/s1. The quantitative estimate of drug-likeness (QED) is 0.130. The summed E-state index contributed by atoms with van der Waals surface area (Å²) in [6.07, 6.45) is 6.56. The fourth-order valence-corrected chi connectivity index (χ4v) is 6.65. The maximum absolute atomic E-state index is 11.3. The second kappa shape index (κ2) is 11.1. The van der Waals surface area contributed by atoms with Crippen molar-refractivity contribution in [3.8, 4) is 5.75 Å². The van der Waals surface area contributed by atoms with E-state index >= 15 is 0 Å². The molecule has 0 spiro atoms. The Labute approximate surface area is 205 Å². The fourth-order valence-electron chi connectivity index (χ4n) is 3.57. The number of aldehydes is 1. The number of aryl methyl sites for hydroxylation is 1. The number of ether oxygens (including phenoxy) is 2. The predicted octanol–water partition coefficient (Wildman–Crippen LogP) is 7.88. The van der Waals surface area contributed by atoms with Gasteiger partial charge in [0, 0.05) is 18.6 Å². The highest BCUT2D eigenvalue weighted by Gasteiger charge is 2.40. The number of halogens is 2. The summed E-state index contributed by atoms with van der Waals surface area (Å²) in [6.45, 7) is 13.5. The van der Waals surface area contributed by atoms with Crippen LogP contribution in [0.3, 0.4) is 0 Å². The first kappa shape index (κ1) is 26.8. The zero-order valence-electron chi connectivity index (χ0n) is 19.8. The van der Waals surface area contributed by atoms with Gasteiger partial charge in [-0.15, -0.1) is 0 Å². The molecule has 4 nitrogen and oxygen atoms in total. The summed E-state index contributed by atoms with van der Waals surface area (Å²) in [5.41, 5.74) is 3.46. The van der Waals surface area contributed by atoms with Crippen molar-refractivity contribution in [2.24, 2.45) is 5.92 Å². The largest absolute Gasteiger partial charge is 0.542 e. The van der Waals surface area contributed by atoms with E-state index in [1.54, 1.807) is 7.11 Å². The highest BCUT2D eigenvalue weighted by molar-refractivity contribution is 9.11. The van der Waals surface area contributed by atoms with Gasteiger partial charge in [-0.3, -0.25) is 0 Å². The molecule has 0 aromatic heterocycles. The molecular weight excluding hydrogens is 540 g/mol. The van der Waals surface area contributed by atoms with Crippen LogP contribution in [0, 0.1) is 12.8 Å². The molecule has 1 aromatic carbocycles. The second-order valence-electron chi connectivity index (χ2n) is 9.90. The highest BCUT2D eigenvalue weighted by atomic mass is 79.9. The number of hydrogen-bond acceptors (Lipinski definition) is 4. The van der Waals surface area contributed by atoms with Crippen LogP contribution in [0.2, 0.25) is 18.1 Å². The number of methoxy groups -OCH3 is 1. The van der Waals surface area contributed by atoms with Crippen LogP contribution in [-0.2, 0) is 14.3 Å². The number of carbonyl (C=O) groups is 1. The van der Waals surface area contributed by atoms with E-state index in [0.717, 1.165) is 57.8 Å². The molecule has 0 saturated carbocycles. The minimum Gasteiger partial charge on any atom is -0.542 e. The maximum atomic E-state index is 11.3. The van der Waals surface area contributed by atoms with Crippen molar-refractivity contribution < 1.29 is 18.7 Å². The monoisotopic (exact) mass is 574 g/mol. The van der Waals surface area contributed by atoms with Crippen molar-refractivity contribution in [1.29, 1.82) is 0 Å². The van der Waals surface area contributed by atoms with Gasteiger partial charge in [0.05, 0.1) is 15.0 Å². The molecule has 7 heteroatoms. The van der Waals surface area contributed by atoms with Gasteiger partial charge in [0.1, 0.15) is 18.8 Å². The molecule has 0 aliphatic heterocycles. The Kier molecular flexibility index (Phi) is 9.59. The van der Waals surface area contributed by atoms with Gasteiger partial charge in [-0.25, -0.2) is 0 Å². The Hall–Kier alpha value is -0.473. The van der Waals surface area contributed by atoms with E-state index < -0.39 is 8.32 Å². The third kappa shape index (κ3) is 6.76. The van der Waals surface area contributed by atoms with Gasteiger partial charge in [-0.1, -0.05) is 32.4 Å². The van der Waals surface area contributed by atoms with Crippen molar-refractivity contribution in [3.05, 3.63) is 37.8 Å². The van der Waals surface area contributed by atoms with Crippen molar-refractivity contribution in [2.75, 3.05) is 13.9 Å². The van der Waals surface area contributed by atoms with Crippen LogP contribution >= 0.6 is 31.9 Å². The van der Waals surface area contributed by atoms with E-state index in [9.17, 15) is 4.79 Å². The normalized spacial score (nSPS) is 18.5. The molecule has 1 aromatic rings. The SMILES string of the molecule is COCO[C@@H](CC1=CCC[C@@H](C=O)C1)c1c(C)cc(Br)c(O[Si](C)(C)C(C)(C)C)c1Br. The van der Waals surface area contributed by atoms with Crippen molar-refractivity contribution in [3.63, 3.8) is 0 Å². The van der Waals surface area contributed by atoms with Gasteiger partial charge in [-0.05, 0) is 94.2 Å². The lowest BCUT2D eigenvalue weighted by Crippen LogP contribution is -2.44. The molecule has 0 amide bonds. The fraction of sp³-hybridized carbons (Fsp3) is 0.625. The van der Waals surface area contributed by atoms with Crippen LogP contribution in [0.25, 0.3) is 0 Å². The van der Waals surface area contributed by atoms with E-state index in [1.807, 2.05) is 0 Å². The lowest BCUT2D eigenvalue weighted by Gasteiger charge is -2.37. The van der Waals surface area contributed by atoms with E-state index in [4.69, 9.17) is 13.9 Å². The van der Waals surface area contributed by atoms with Crippen molar-refractivity contribution in [1.82, 2.24) is 0 Å². The zero-order valence-corrected chi connectivity index (χ0v) is 24.0. The van der Waals surface area contributed by atoms with E-state index in [1.165, 1.54) is 5.57 Å². The molecule has 0 radical (unpaired) electrons. The second-order valence-corrected chi connectivity index (χ2v) is 16.3. The molecule has 2 atom stereocenters. The Bertz CT molecular complexity index is 815. The lowest BCUT2D eigenvalue weighted by molar-refractivity contribution is -0.111. The number of allylic oxidation sites excluding steroid dienone is 1. The molecule has 0 heterocycles. The summed E-state index contributed by atoms with van der Waals surface area (Å²) >= 11 is 7.58. The van der Waals surface area contributed by atoms with E-state index in [2.05, 4.69) is 84.8 Å². The Morgan fingerprint density at radius 1 is 1.29 bits per heavy atom. The average Bonchev–Trinajstić information content (AvgIpc) is 2.68. The third-order valence-corrected chi connectivity index (χ3v) is 12.1. The molecule has 2 rings (SSSR count). The molecule has 0 N–H and O–H groups in total. The summed E-state index contributed by atoms with van der Waals surface area (Å²) in [5, 5.41) is 0.0830. The molecule has 0 bridgehead atoms. The number of hydrogen-bond donors (Lipinski definition) is 0. The molecule has 0 saturated heterocycles. The maximum Gasteiger partial charge on any atom is 0.250 e. The summed E-state index contributed by atoms with van der Waals surface area (Å²) in [7, 11) is -0.407. The molecule has 0 unspecified atom stereocenters.